The largest absolute Gasteiger partial charge is 0.395 e. The SMILES string of the molecule is O=C(Nc1cccc(N2CCCCCC2)c1)N(CCO)CC(F)F. The van der Waals surface area contributed by atoms with Crippen LogP contribution in [-0.4, -0.2) is 55.2 Å². The van der Waals surface area contributed by atoms with Crippen LogP contribution in [-0.2, 0) is 0 Å². The van der Waals surface area contributed by atoms with Crippen LogP contribution in [0.2, 0.25) is 0 Å². The molecule has 1 aliphatic heterocycles. The van der Waals surface area contributed by atoms with Crippen molar-refractivity contribution in [2.75, 3.05) is 43.0 Å². The van der Waals surface area contributed by atoms with Gasteiger partial charge in [-0.1, -0.05) is 18.9 Å². The molecule has 2 rings (SSSR count). The molecule has 5 nitrogen and oxygen atoms in total. The molecule has 1 saturated heterocycles. The predicted octanol–water partition coefficient (Wildman–Crippen LogP) is 3.16. The van der Waals surface area contributed by atoms with Gasteiger partial charge in [0.15, 0.2) is 0 Å². The number of hydrogen-bond acceptors (Lipinski definition) is 3. The van der Waals surface area contributed by atoms with E-state index >= 15 is 0 Å². The molecule has 1 aliphatic rings. The average molecular weight is 341 g/mol. The highest BCUT2D eigenvalue weighted by molar-refractivity contribution is 5.90. The first-order chi connectivity index (χ1) is 11.6. The topological polar surface area (TPSA) is 55.8 Å². The number of halogens is 2. The van der Waals surface area contributed by atoms with E-state index in [1.54, 1.807) is 6.07 Å². The Balaban J connectivity index is 2.03. The number of benzene rings is 1. The summed E-state index contributed by atoms with van der Waals surface area (Å²) in [4.78, 5) is 15.3. The lowest BCUT2D eigenvalue weighted by Gasteiger charge is -2.24. The molecule has 7 heteroatoms. The summed E-state index contributed by atoms with van der Waals surface area (Å²) in [5.41, 5.74) is 1.59. The molecule has 1 heterocycles. The fourth-order valence-electron chi connectivity index (χ4n) is 2.87. The van der Waals surface area contributed by atoms with E-state index in [0.717, 1.165) is 36.5 Å². The minimum absolute atomic E-state index is 0.123. The van der Waals surface area contributed by atoms with E-state index in [4.69, 9.17) is 5.11 Å². The summed E-state index contributed by atoms with van der Waals surface area (Å²) in [6.45, 7) is 0.799. The number of aliphatic hydroxyl groups excluding tert-OH is 1. The van der Waals surface area contributed by atoms with E-state index in [0.29, 0.717) is 5.69 Å². The zero-order valence-electron chi connectivity index (χ0n) is 13.8. The zero-order chi connectivity index (χ0) is 17.4. The van der Waals surface area contributed by atoms with Crippen LogP contribution in [0.5, 0.6) is 0 Å². The summed E-state index contributed by atoms with van der Waals surface area (Å²) in [6, 6.07) is 6.81. The van der Waals surface area contributed by atoms with Gasteiger partial charge in [0, 0.05) is 31.0 Å². The van der Waals surface area contributed by atoms with Crippen molar-refractivity contribution in [3.05, 3.63) is 24.3 Å². The molecular formula is C17H25F2N3O2. The first-order valence-corrected chi connectivity index (χ1v) is 8.40. The summed E-state index contributed by atoms with van der Waals surface area (Å²) < 4.78 is 25.1. The molecule has 0 radical (unpaired) electrons. The van der Waals surface area contributed by atoms with Crippen molar-refractivity contribution in [3.63, 3.8) is 0 Å². The third-order valence-corrected chi connectivity index (χ3v) is 4.08. The van der Waals surface area contributed by atoms with Crippen LogP contribution in [0.3, 0.4) is 0 Å². The lowest BCUT2D eigenvalue weighted by atomic mass is 10.2. The number of urea groups is 1. The Bertz CT molecular complexity index is 520. The third kappa shape index (κ3) is 5.63. The molecule has 0 spiro atoms. The number of rotatable bonds is 6. The minimum atomic E-state index is -2.63. The van der Waals surface area contributed by atoms with Crippen LogP contribution in [0.4, 0.5) is 25.0 Å². The molecule has 0 atom stereocenters. The van der Waals surface area contributed by atoms with Gasteiger partial charge in [-0.25, -0.2) is 13.6 Å². The first-order valence-electron chi connectivity index (χ1n) is 8.40. The zero-order valence-corrected chi connectivity index (χ0v) is 13.8. The number of carbonyl (C=O) groups is 1. The van der Waals surface area contributed by atoms with E-state index in [-0.39, 0.29) is 13.2 Å². The van der Waals surface area contributed by atoms with Crippen molar-refractivity contribution >= 4 is 17.4 Å². The second-order valence-corrected chi connectivity index (χ2v) is 5.94. The maximum atomic E-state index is 12.5. The van der Waals surface area contributed by atoms with Crippen molar-refractivity contribution in [2.45, 2.75) is 32.1 Å². The molecule has 0 saturated carbocycles. The van der Waals surface area contributed by atoms with Gasteiger partial charge in [-0.3, -0.25) is 0 Å². The smallest absolute Gasteiger partial charge is 0.322 e. The van der Waals surface area contributed by atoms with Crippen LogP contribution in [0.1, 0.15) is 25.7 Å². The summed E-state index contributed by atoms with van der Waals surface area (Å²) in [7, 11) is 0. The Morgan fingerprint density at radius 2 is 1.96 bits per heavy atom. The highest BCUT2D eigenvalue weighted by atomic mass is 19.3. The van der Waals surface area contributed by atoms with E-state index in [9.17, 15) is 13.6 Å². The molecule has 134 valence electrons. The number of nitrogens with one attached hydrogen (secondary N) is 1. The molecule has 0 aromatic heterocycles. The fourth-order valence-corrected chi connectivity index (χ4v) is 2.87. The Morgan fingerprint density at radius 3 is 2.58 bits per heavy atom. The van der Waals surface area contributed by atoms with Gasteiger partial charge in [-0.2, -0.15) is 0 Å². The van der Waals surface area contributed by atoms with Gasteiger partial charge in [0.05, 0.1) is 13.2 Å². The Labute approximate surface area is 141 Å². The predicted molar refractivity (Wildman–Crippen MR) is 90.8 cm³/mol. The normalized spacial score (nSPS) is 15.2. The van der Waals surface area contributed by atoms with Gasteiger partial charge in [0.2, 0.25) is 0 Å². The second-order valence-electron chi connectivity index (χ2n) is 5.94. The first kappa shape index (κ1) is 18.4. The quantitative estimate of drug-likeness (QED) is 0.836. The molecule has 2 amide bonds. The number of anilines is 2. The number of amides is 2. The van der Waals surface area contributed by atoms with Gasteiger partial charge < -0.3 is 20.2 Å². The molecule has 24 heavy (non-hydrogen) atoms. The minimum Gasteiger partial charge on any atom is -0.395 e. The molecule has 2 N–H and O–H groups in total. The van der Waals surface area contributed by atoms with Gasteiger partial charge in [0.1, 0.15) is 0 Å². The van der Waals surface area contributed by atoms with Crippen LogP contribution in [0.15, 0.2) is 24.3 Å². The monoisotopic (exact) mass is 341 g/mol. The highest BCUT2D eigenvalue weighted by Crippen LogP contribution is 2.23. The summed E-state index contributed by atoms with van der Waals surface area (Å²) in [5.74, 6) is 0. The van der Waals surface area contributed by atoms with E-state index in [1.165, 1.54) is 12.8 Å². The maximum Gasteiger partial charge on any atom is 0.322 e. The van der Waals surface area contributed by atoms with E-state index < -0.39 is 19.0 Å². The summed E-state index contributed by atoms with van der Waals surface area (Å²) in [5, 5.41) is 11.6. The lowest BCUT2D eigenvalue weighted by molar-refractivity contribution is 0.0943. The van der Waals surface area contributed by atoms with Crippen LogP contribution in [0, 0.1) is 0 Å². The highest BCUT2D eigenvalue weighted by Gasteiger charge is 2.18. The van der Waals surface area contributed by atoms with Crippen molar-refractivity contribution < 1.29 is 18.7 Å². The molecule has 1 aromatic carbocycles. The number of alkyl halides is 2. The number of hydrogen-bond donors (Lipinski definition) is 2. The van der Waals surface area contributed by atoms with Crippen LogP contribution >= 0.6 is 0 Å². The maximum absolute atomic E-state index is 12.5. The van der Waals surface area contributed by atoms with Gasteiger partial charge in [-0.05, 0) is 31.0 Å². The molecule has 0 aliphatic carbocycles. The number of nitrogens with zero attached hydrogens (tertiary/aromatic N) is 2. The van der Waals surface area contributed by atoms with Gasteiger partial charge in [-0.15, -0.1) is 0 Å². The van der Waals surface area contributed by atoms with Crippen molar-refractivity contribution in [2.24, 2.45) is 0 Å². The van der Waals surface area contributed by atoms with Gasteiger partial charge >= 0.3 is 6.03 Å². The van der Waals surface area contributed by atoms with Crippen LogP contribution in [0.25, 0.3) is 0 Å². The Kier molecular flexibility index (Phi) is 7.24. The summed E-state index contributed by atoms with van der Waals surface area (Å²) >= 11 is 0. The third-order valence-electron chi connectivity index (χ3n) is 4.08. The molecule has 0 unspecified atom stereocenters. The fraction of sp³-hybridized carbons (Fsp3) is 0.588. The molecular weight excluding hydrogens is 316 g/mol. The Hall–Kier alpha value is -1.89. The van der Waals surface area contributed by atoms with Crippen molar-refractivity contribution in [3.8, 4) is 0 Å². The lowest BCUT2D eigenvalue weighted by Crippen LogP contribution is -2.40. The number of carbonyl (C=O) groups excluding carboxylic acids is 1. The Morgan fingerprint density at radius 1 is 1.25 bits per heavy atom. The average Bonchev–Trinajstić information content (AvgIpc) is 2.83. The molecule has 1 aromatic rings. The van der Waals surface area contributed by atoms with Crippen molar-refractivity contribution in [1.82, 2.24) is 4.90 Å². The van der Waals surface area contributed by atoms with Crippen molar-refractivity contribution in [1.29, 1.82) is 0 Å². The molecule has 1 fully saturated rings. The standard InChI is InChI=1S/C17H25F2N3O2/c18-16(19)13-22(10-11-23)17(24)20-14-6-5-7-15(12-14)21-8-3-1-2-4-9-21/h5-7,12,16,23H,1-4,8-11,13H2,(H,20,24). The van der Waals surface area contributed by atoms with E-state index in [2.05, 4.69) is 10.2 Å². The van der Waals surface area contributed by atoms with Gasteiger partial charge in [0.25, 0.3) is 6.43 Å². The van der Waals surface area contributed by atoms with E-state index in [1.807, 2.05) is 18.2 Å². The summed E-state index contributed by atoms with van der Waals surface area (Å²) in [6.07, 6.45) is 2.13. The van der Waals surface area contributed by atoms with Crippen LogP contribution < -0.4 is 10.2 Å². The number of aliphatic hydroxyl groups is 1. The second kappa shape index (κ2) is 9.42. The molecule has 0 bridgehead atoms.